The van der Waals surface area contributed by atoms with Crippen molar-refractivity contribution in [1.82, 2.24) is 20.4 Å². The van der Waals surface area contributed by atoms with Crippen molar-refractivity contribution < 1.29 is 9.59 Å². The third kappa shape index (κ3) is 4.48. The van der Waals surface area contributed by atoms with Crippen molar-refractivity contribution >= 4 is 41.9 Å². The maximum atomic E-state index is 11.5. The van der Waals surface area contributed by atoms with Crippen LogP contribution in [-0.4, -0.2) is 67.5 Å². The summed E-state index contributed by atoms with van der Waals surface area (Å²) in [7, 11) is 1.77. The molecule has 2 heterocycles. The molecule has 0 radical (unpaired) electrons. The summed E-state index contributed by atoms with van der Waals surface area (Å²) < 4.78 is 0. The van der Waals surface area contributed by atoms with Crippen LogP contribution in [0.3, 0.4) is 0 Å². The number of hydrogen-bond donors (Lipinski definition) is 2. The summed E-state index contributed by atoms with van der Waals surface area (Å²) in [5.74, 6) is 0.690. The summed E-state index contributed by atoms with van der Waals surface area (Å²) in [6, 6.07) is -0.307. The molecular formula is C15H28IN5O2. The zero-order chi connectivity index (χ0) is 16.2. The van der Waals surface area contributed by atoms with Crippen LogP contribution in [0.4, 0.5) is 4.79 Å². The Morgan fingerprint density at radius 2 is 2.04 bits per heavy atom. The van der Waals surface area contributed by atoms with Crippen LogP contribution in [0.5, 0.6) is 0 Å². The number of nitrogens with zero attached hydrogens (tertiary/aromatic N) is 3. The van der Waals surface area contributed by atoms with E-state index in [4.69, 9.17) is 0 Å². The number of hydrogen-bond acceptors (Lipinski definition) is 3. The molecule has 0 aromatic carbocycles. The number of amides is 3. The van der Waals surface area contributed by atoms with E-state index in [0.29, 0.717) is 18.5 Å². The zero-order valence-electron chi connectivity index (χ0n) is 14.2. The summed E-state index contributed by atoms with van der Waals surface area (Å²) >= 11 is 0. The van der Waals surface area contributed by atoms with Crippen LogP contribution in [0.1, 0.15) is 33.1 Å². The number of carbonyl (C=O) groups is 2. The molecule has 3 amide bonds. The Kier molecular flexibility index (Phi) is 7.56. The molecule has 2 aliphatic rings. The van der Waals surface area contributed by atoms with Gasteiger partial charge in [-0.15, -0.1) is 24.0 Å². The quantitative estimate of drug-likeness (QED) is 0.294. The van der Waals surface area contributed by atoms with E-state index >= 15 is 0 Å². The number of urea groups is 1. The van der Waals surface area contributed by atoms with E-state index in [2.05, 4.69) is 34.4 Å². The average Bonchev–Trinajstić information content (AvgIpc) is 3.10. The number of imide groups is 1. The molecule has 2 aliphatic heterocycles. The van der Waals surface area contributed by atoms with Crippen molar-refractivity contribution in [3.63, 3.8) is 0 Å². The van der Waals surface area contributed by atoms with E-state index in [1.165, 1.54) is 24.2 Å². The third-order valence-corrected chi connectivity index (χ3v) is 5.01. The molecule has 2 N–H and O–H groups in total. The number of rotatable bonds is 5. The second kappa shape index (κ2) is 8.70. The van der Waals surface area contributed by atoms with Crippen molar-refractivity contribution in [2.75, 3.05) is 39.8 Å². The van der Waals surface area contributed by atoms with Crippen molar-refractivity contribution in [1.29, 1.82) is 0 Å². The van der Waals surface area contributed by atoms with E-state index in [9.17, 15) is 9.59 Å². The smallest absolute Gasteiger partial charge is 0.324 e. The number of guanidine groups is 1. The van der Waals surface area contributed by atoms with Crippen LogP contribution in [0.15, 0.2) is 4.99 Å². The lowest BCUT2D eigenvalue weighted by molar-refractivity contribution is -0.124. The minimum Gasteiger partial charge on any atom is -0.354 e. The molecule has 8 heteroatoms. The molecule has 2 saturated heterocycles. The minimum atomic E-state index is -0.307. The summed E-state index contributed by atoms with van der Waals surface area (Å²) in [4.78, 5) is 30.9. The zero-order valence-corrected chi connectivity index (χ0v) is 16.6. The first-order chi connectivity index (χ1) is 10.5. The molecule has 132 valence electrons. The molecule has 0 bridgehead atoms. The second-order valence-electron chi connectivity index (χ2n) is 6.06. The summed E-state index contributed by atoms with van der Waals surface area (Å²) in [5, 5.41) is 5.79. The first kappa shape index (κ1) is 20.0. The van der Waals surface area contributed by atoms with Crippen LogP contribution >= 0.6 is 24.0 Å². The van der Waals surface area contributed by atoms with Crippen LogP contribution in [-0.2, 0) is 4.79 Å². The topological polar surface area (TPSA) is 77.0 Å². The highest BCUT2D eigenvalue weighted by Gasteiger charge is 2.36. The van der Waals surface area contributed by atoms with Gasteiger partial charge in [0.25, 0.3) is 0 Å². The predicted octanol–water partition coefficient (Wildman–Crippen LogP) is 1.24. The Bertz CT molecular complexity index is 449. The van der Waals surface area contributed by atoms with Gasteiger partial charge in [0.15, 0.2) is 5.96 Å². The molecule has 0 atom stereocenters. The normalized spacial score (nSPS) is 20.6. The molecule has 0 aromatic heterocycles. The van der Waals surface area contributed by atoms with Gasteiger partial charge in [-0.05, 0) is 24.7 Å². The highest BCUT2D eigenvalue weighted by Crippen LogP contribution is 2.36. The van der Waals surface area contributed by atoms with Crippen LogP contribution in [0, 0.1) is 5.41 Å². The maximum absolute atomic E-state index is 11.5. The Labute approximate surface area is 155 Å². The van der Waals surface area contributed by atoms with Crippen molar-refractivity contribution in [2.45, 2.75) is 33.1 Å². The fourth-order valence-corrected chi connectivity index (χ4v) is 3.24. The Balaban J connectivity index is 0.00000264. The predicted molar refractivity (Wildman–Crippen MR) is 101 cm³/mol. The number of carbonyl (C=O) groups excluding carboxylic acids is 2. The Hall–Kier alpha value is -1.06. The molecule has 0 aromatic rings. The number of likely N-dealkylation sites (tertiary alicyclic amines) is 1. The van der Waals surface area contributed by atoms with E-state index in [1.54, 1.807) is 7.05 Å². The summed E-state index contributed by atoms with van der Waals surface area (Å²) in [6.07, 6.45) is 3.55. The molecule has 0 aliphatic carbocycles. The fraction of sp³-hybridized carbons (Fsp3) is 0.800. The Morgan fingerprint density at radius 3 is 2.52 bits per heavy atom. The molecule has 2 rings (SSSR count). The van der Waals surface area contributed by atoms with Gasteiger partial charge in [-0.25, -0.2) is 4.79 Å². The first-order valence-electron chi connectivity index (χ1n) is 8.09. The molecular weight excluding hydrogens is 409 g/mol. The monoisotopic (exact) mass is 437 g/mol. The average molecular weight is 437 g/mol. The SMILES string of the molecule is CCC1(CC)CCN(C(=NC)NCCN2C(=O)CNC2=O)C1.I. The van der Waals surface area contributed by atoms with Gasteiger partial charge in [0.05, 0.1) is 6.54 Å². The van der Waals surface area contributed by atoms with Crippen molar-refractivity contribution in [3.8, 4) is 0 Å². The van der Waals surface area contributed by atoms with Gasteiger partial charge in [0.2, 0.25) is 5.91 Å². The van der Waals surface area contributed by atoms with Gasteiger partial charge >= 0.3 is 6.03 Å². The van der Waals surface area contributed by atoms with Crippen LogP contribution < -0.4 is 10.6 Å². The van der Waals surface area contributed by atoms with Crippen LogP contribution in [0.25, 0.3) is 0 Å². The largest absolute Gasteiger partial charge is 0.354 e. The highest BCUT2D eigenvalue weighted by molar-refractivity contribution is 14.0. The van der Waals surface area contributed by atoms with E-state index in [1.807, 2.05) is 0 Å². The fourth-order valence-electron chi connectivity index (χ4n) is 3.24. The van der Waals surface area contributed by atoms with Gasteiger partial charge in [-0.1, -0.05) is 13.8 Å². The van der Waals surface area contributed by atoms with E-state index < -0.39 is 0 Å². The van der Waals surface area contributed by atoms with Crippen LogP contribution in [0.2, 0.25) is 0 Å². The molecule has 0 unspecified atom stereocenters. The maximum Gasteiger partial charge on any atom is 0.324 e. The molecule has 2 fully saturated rings. The molecule has 7 nitrogen and oxygen atoms in total. The Morgan fingerprint density at radius 1 is 1.35 bits per heavy atom. The number of halogens is 1. The lowest BCUT2D eigenvalue weighted by atomic mass is 9.82. The molecule has 23 heavy (non-hydrogen) atoms. The van der Waals surface area contributed by atoms with E-state index in [-0.39, 0.29) is 42.5 Å². The second-order valence-corrected chi connectivity index (χ2v) is 6.06. The van der Waals surface area contributed by atoms with Gasteiger partial charge < -0.3 is 15.5 Å². The van der Waals surface area contributed by atoms with Crippen molar-refractivity contribution in [3.05, 3.63) is 0 Å². The lowest BCUT2D eigenvalue weighted by Gasteiger charge is -2.28. The molecule has 0 spiro atoms. The van der Waals surface area contributed by atoms with Gasteiger partial charge in [0.1, 0.15) is 0 Å². The van der Waals surface area contributed by atoms with Gasteiger partial charge in [0, 0.05) is 33.2 Å². The first-order valence-corrected chi connectivity index (χ1v) is 8.09. The minimum absolute atomic E-state index is 0. The van der Waals surface area contributed by atoms with Crippen molar-refractivity contribution in [2.24, 2.45) is 10.4 Å². The van der Waals surface area contributed by atoms with Gasteiger partial charge in [-0.3, -0.25) is 14.7 Å². The van der Waals surface area contributed by atoms with Gasteiger partial charge in [-0.2, -0.15) is 0 Å². The highest BCUT2D eigenvalue weighted by atomic mass is 127. The third-order valence-electron chi connectivity index (χ3n) is 5.01. The summed E-state index contributed by atoms with van der Waals surface area (Å²) in [6.45, 7) is 7.52. The lowest BCUT2D eigenvalue weighted by Crippen LogP contribution is -2.45. The van der Waals surface area contributed by atoms with E-state index in [0.717, 1.165) is 19.0 Å². The standard InChI is InChI=1S/C15H27N5O2.HI/c1-4-15(5-2)6-8-19(11-15)13(16-3)17-7-9-20-12(21)10-18-14(20)22;/h4-11H2,1-3H3,(H,16,17)(H,18,22);1H. The summed E-state index contributed by atoms with van der Waals surface area (Å²) in [5.41, 5.74) is 0.391. The number of aliphatic imine (C=N–C) groups is 1. The molecule has 0 saturated carbocycles. The number of nitrogens with one attached hydrogen (secondary N) is 2.